The van der Waals surface area contributed by atoms with Gasteiger partial charge in [0.05, 0.1) is 9.50 Å². The van der Waals surface area contributed by atoms with Gasteiger partial charge in [-0.3, -0.25) is 0 Å². The monoisotopic (exact) mass is 408 g/mol. The first-order valence-corrected chi connectivity index (χ1v) is 5.88. The summed E-state index contributed by atoms with van der Waals surface area (Å²) >= 11 is 15.1. The van der Waals surface area contributed by atoms with Crippen LogP contribution in [0.15, 0.2) is 15.0 Å². The lowest BCUT2D eigenvalue weighted by Gasteiger charge is -2.04. The van der Waals surface area contributed by atoms with Crippen molar-refractivity contribution in [2.75, 3.05) is 0 Å². The van der Waals surface area contributed by atoms with E-state index in [9.17, 15) is 0 Å². The van der Waals surface area contributed by atoms with Crippen molar-refractivity contribution in [1.82, 2.24) is 0 Å². The van der Waals surface area contributed by atoms with E-state index in [0.29, 0.717) is 0 Å². The molecule has 0 saturated heterocycles. The maximum atomic E-state index is 5.98. The van der Waals surface area contributed by atoms with Crippen molar-refractivity contribution < 1.29 is 0 Å². The Morgan fingerprint density at radius 3 is 2.55 bits per heavy atom. The van der Waals surface area contributed by atoms with E-state index < -0.39 is 0 Å². The predicted octanol–water partition coefficient (Wildman–Crippen LogP) is 4.78. The molecule has 0 aromatic heterocycles. The van der Waals surface area contributed by atoms with Crippen LogP contribution in [0.3, 0.4) is 0 Å². The number of benzene rings is 1. The molecule has 0 amide bonds. The molecule has 0 unspecified atom stereocenters. The molecule has 0 heterocycles. The third-order valence-corrected chi connectivity index (χ3v) is 6.02. The highest BCUT2D eigenvalue weighted by Gasteiger charge is 2.08. The first kappa shape index (κ1) is 10.3. The summed E-state index contributed by atoms with van der Waals surface area (Å²) in [5.74, 6) is 0. The SMILES string of the molecule is Cc1cc(Br)c(I)c(Br)c1Cl. The molecule has 0 aliphatic rings. The van der Waals surface area contributed by atoms with Gasteiger partial charge in [-0.15, -0.1) is 0 Å². The van der Waals surface area contributed by atoms with E-state index in [4.69, 9.17) is 11.6 Å². The molecule has 1 aromatic rings. The second-order valence-electron chi connectivity index (χ2n) is 2.12. The minimum Gasteiger partial charge on any atom is -0.0828 e. The van der Waals surface area contributed by atoms with Crippen molar-refractivity contribution in [3.05, 3.63) is 29.2 Å². The van der Waals surface area contributed by atoms with Gasteiger partial charge in [0.15, 0.2) is 0 Å². The standard InChI is InChI=1S/C7H4Br2ClI/c1-3-2-4(8)7(11)5(9)6(3)10/h2H,1H3. The van der Waals surface area contributed by atoms with Crippen LogP contribution in [0.4, 0.5) is 0 Å². The molecule has 1 rings (SSSR count). The van der Waals surface area contributed by atoms with Crippen LogP contribution < -0.4 is 0 Å². The van der Waals surface area contributed by atoms with E-state index >= 15 is 0 Å². The molecule has 4 heteroatoms. The van der Waals surface area contributed by atoms with Gasteiger partial charge in [-0.2, -0.15) is 0 Å². The molecule has 0 N–H and O–H groups in total. The molecule has 0 aliphatic carbocycles. The maximum absolute atomic E-state index is 5.98. The van der Waals surface area contributed by atoms with Gasteiger partial charge < -0.3 is 0 Å². The predicted molar refractivity (Wildman–Crippen MR) is 64.3 cm³/mol. The van der Waals surface area contributed by atoms with Gasteiger partial charge >= 0.3 is 0 Å². The molecule has 0 radical (unpaired) electrons. The molecule has 0 atom stereocenters. The summed E-state index contributed by atoms with van der Waals surface area (Å²) in [5, 5.41) is 0.789. The average molecular weight is 410 g/mol. The number of halogens is 4. The van der Waals surface area contributed by atoms with Gasteiger partial charge in [0, 0.05) is 8.04 Å². The summed E-state index contributed by atoms with van der Waals surface area (Å²) in [4.78, 5) is 0. The van der Waals surface area contributed by atoms with Crippen LogP contribution in [-0.4, -0.2) is 0 Å². The molecule has 1 aromatic carbocycles. The second-order valence-corrected chi connectivity index (χ2v) is 5.22. The number of aryl methyl sites for hydroxylation is 1. The maximum Gasteiger partial charge on any atom is 0.0588 e. The lowest BCUT2D eigenvalue weighted by Crippen LogP contribution is -1.83. The Balaban J connectivity index is 3.46. The summed E-state index contributed by atoms with van der Waals surface area (Å²) in [5.41, 5.74) is 1.07. The molecule has 0 saturated carbocycles. The highest BCUT2D eigenvalue weighted by atomic mass is 127. The molecule has 0 fully saturated rings. The average Bonchev–Trinajstić information content (AvgIpc) is 1.97. The van der Waals surface area contributed by atoms with E-state index in [1.165, 1.54) is 0 Å². The van der Waals surface area contributed by atoms with Crippen LogP contribution in [0, 0.1) is 10.5 Å². The number of rotatable bonds is 0. The van der Waals surface area contributed by atoms with E-state index in [1.54, 1.807) is 0 Å². The Labute approximate surface area is 101 Å². The first-order valence-electron chi connectivity index (χ1n) is 2.83. The van der Waals surface area contributed by atoms with Gasteiger partial charge in [-0.1, -0.05) is 11.6 Å². The van der Waals surface area contributed by atoms with Crippen LogP contribution >= 0.6 is 66.1 Å². The Morgan fingerprint density at radius 1 is 1.45 bits per heavy atom. The minimum atomic E-state index is 0.789. The molecule has 11 heavy (non-hydrogen) atoms. The van der Waals surface area contributed by atoms with Gasteiger partial charge in [0.2, 0.25) is 0 Å². The molecule has 0 nitrogen and oxygen atoms in total. The largest absolute Gasteiger partial charge is 0.0828 e. The smallest absolute Gasteiger partial charge is 0.0588 e. The van der Waals surface area contributed by atoms with Crippen molar-refractivity contribution in [2.24, 2.45) is 0 Å². The topological polar surface area (TPSA) is 0 Å². The van der Waals surface area contributed by atoms with E-state index in [2.05, 4.69) is 54.5 Å². The fourth-order valence-corrected chi connectivity index (χ4v) is 2.76. The summed E-state index contributed by atoms with van der Waals surface area (Å²) in [6.07, 6.45) is 0. The molecular weight excluding hydrogens is 406 g/mol. The quantitative estimate of drug-likeness (QED) is 0.328. The van der Waals surface area contributed by atoms with Crippen LogP contribution in [0.2, 0.25) is 5.02 Å². The zero-order valence-corrected chi connectivity index (χ0v) is 11.7. The molecule has 0 bridgehead atoms. The van der Waals surface area contributed by atoms with E-state index in [0.717, 1.165) is 23.1 Å². The van der Waals surface area contributed by atoms with Crippen molar-refractivity contribution in [3.63, 3.8) is 0 Å². The van der Waals surface area contributed by atoms with Crippen LogP contribution in [0.1, 0.15) is 5.56 Å². The number of hydrogen-bond acceptors (Lipinski definition) is 0. The molecule has 0 aliphatic heterocycles. The van der Waals surface area contributed by atoms with Gasteiger partial charge in [0.1, 0.15) is 0 Å². The molecule has 0 spiro atoms. The van der Waals surface area contributed by atoms with Gasteiger partial charge in [-0.05, 0) is 73.0 Å². The Kier molecular flexibility index (Phi) is 3.68. The lowest BCUT2D eigenvalue weighted by atomic mass is 10.2. The first-order chi connectivity index (χ1) is 5.04. The Morgan fingerprint density at radius 2 is 2.00 bits per heavy atom. The molecule has 60 valence electrons. The summed E-state index contributed by atoms with van der Waals surface area (Å²) < 4.78 is 3.15. The van der Waals surface area contributed by atoms with Crippen LogP contribution in [0.25, 0.3) is 0 Å². The fraction of sp³-hybridized carbons (Fsp3) is 0.143. The summed E-state index contributed by atoms with van der Waals surface area (Å²) in [7, 11) is 0. The van der Waals surface area contributed by atoms with Crippen molar-refractivity contribution >= 4 is 66.1 Å². The zero-order chi connectivity index (χ0) is 8.59. The summed E-state index contributed by atoms with van der Waals surface area (Å²) in [6, 6.07) is 2.01. The van der Waals surface area contributed by atoms with Crippen molar-refractivity contribution in [3.8, 4) is 0 Å². The third-order valence-electron chi connectivity index (χ3n) is 1.28. The van der Waals surface area contributed by atoms with Crippen molar-refractivity contribution in [2.45, 2.75) is 6.92 Å². The lowest BCUT2D eigenvalue weighted by molar-refractivity contribution is 1.40. The van der Waals surface area contributed by atoms with Gasteiger partial charge in [-0.25, -0.2) is 0 Å². The fourth-order valence-electron chi connectivity index (χ4n) is 0.691. The highest BCUT2D eigenvalue weighted by Crippen LogP contribution is 2.35. The Hall–Kier alpha value is 1.20. The van der Waals surface area contributed by atoms with Gasteiger partial charge in [0.25, 0.3) is 0 Å². The number of hydrogen-bond donors (Lipinski definition) is 0. The highest BCUT2D eigenvalue weighted by molar-refractivity contribution is 14.1. The van der Waals surface area contributed by atoms with E-state index in [1.807, 2.05) is 13.0 Å². The van der Waals surface area contributed by atoms with Crippen LogP contribution in [-0.2, 0) is 0 Å². The van der Waals surface area contributed by atoms with Crippen LogP contribution in [0.5, 0.6) is 0 Å². The third kappa shape index (κ3) is 2.11. The minimum absolute atomic E-state index is 0.789. The Bertz CT molecular complexity index is 273. The summed E-state index contributed by atoms with van der Waals surface area (Å²) in [6.45, 7) is 1.98. The van der Waals surface area contributed by atoms with Crippen molar-refractivity contribution in [1.29, 1.82) is 0 Å². The molecular formula is C7H4Br2ClI. The second kappa shape index (κ2) is 3.94. The normalized spacial score (nSPS) is 10.3. The van der Waals surface area contributed by atoms with E-state index in [-0.39, 0.29) is 0 Å². The zero-order valence-electron chi connectivity index (χ0n) is 5.59.